The molecule has 0 aromatic rings. The number of hydrogen-bond donors (Lipinski definition) is 1. The van der Waals surface area contributed by atoms with Crippen molar-refractivity contribution in [1.29, 1.82) is 0 Å². The quantitative estimate of drug-likeness (QED) is 0.490. The zero-order valence-corrected chi connectivity index (χ0v) is 18.6. The Morgan fingerprint density at radius 1 is 1.14 bits per heavy atom. The van der Waals surface area contributed by atoms with Crippen LogP contribution >= 0.6 is 0 Å². The first kappa shape index (κ1) is 20.9. The normalized spacial score (nSPS) is 46.2. The number of esters is 1. The van der Waals surface area contributed by atoms with E-state index in [-0.39, 0.29) is 34.7 Å². The summed E-state index contributed by atoms with van der Waals surface area (Å²) in [4.78, 5) is 24.9. The maximum absolute atomic E-state index is 12.6. The van der Waals surface area contributed by atoms with Gasteiger partial charge in [0, 0.05) is 11.8 Å². The molecule has 4 aliphatic rings. The van der Waals surface area contributed by atoms with Gasteiger partial charge in [-0.05, 0) is 86.5 Å². The molecule has 2 bridgehead atoms. The van der Waals surface area contributed by atoms with E-state index in [0.29, 0.717) is 18.3 Å². The second kappa shape index (κ2) is 6.85. The van der Waals surface area contributed by atoms with E-state index in [4.69, 9.17) is 4.74 Å². The fourth-order valence-electron chi connectivity index (χ4n) is 8.29. The average molecular weight is 403 g/mol. The minimum Gasteiger partial charge on any atom is -0.481 e. The van der Waals surface area contributed by atoms with Gasteiger partial charge in [-0.2, -0.15) is 0 Å². The topological polar surface area (TPSA) is 63.6 Å². The Hall–Kier alpha value is -1.32. The molecule has 4 nitrogen and oxygen atoms in total. The van der Waals surface area contributed by atoms with Gasteiger partial charge in [-0.1, -0.05) is 33.8 Å². The minimum atomic E-state index is -0.634. The van der Waals surface area contributed by atoms with E-state index in [0.717, 1.165) is 56.9 Å². The number of aliphatic carboxylic acids is 1. The van der Waals surface area contributed by atoms with Gasteiger partial charge in [-0.15, -0.1) is 0 Å². The number of rotatable bonds is 4. The highest BCUT2D eigenvalue weighted by Crippen LogP contribution is 2.72. The number of carboxylic acid groups (broad SMARTS) is 1. The molecule has 29 heavy (non-hydrogen) atoms. The molecule has 1 N–H and O–H groups in total. The summed E-state index contributed by atoms with van der Waals surface area (Å²) in [6, 6.07) is 0. The lowest BCUT2D eigenvalue weighted by Crippen LogP contribution is -2.60. The second-order valence-electron chi connectivity index (χ2n) is 11.5. The molecule has 0 aromatic heterocycles. The van der Waals surface area contributed by atoms with Crippen LogP contribution < -0.4 is 0 Å². The molecule has 162 valence electrons. The van der Waals surface area contributed by atoms with Crippen LogP contribution in [0.3, 0.4) is 0 Å². The third-order valence-corrected chi connectivity index (χ3v) is 9.49. The molecule has 4 heteroatoms. The van der Waals surface area contributed by atoms with Crippen LogP contribution in [0.25, 0.3) is 0 Å². The van der Waals surface area contributed by atoms with Gasteiger partial charge in [0.25, 0.3) is 0 Å². The van der Waals surface area contributed by atoms with Crippen molar-refractivity contribution in [3.63, 3.8) is 0 Å². The van der Waals surface area contributed by atoms with Crippen molar-refractivity contribution >= 4 is 11.9 Å². The largest absolute Gasteiger partial charge is 0.481 e. The number of carboxylic acids is 1. The number of fused-ring (bicyclic) bond motifs is 3. The van der Waals surface area contributed by atoms with Gasteiger partial charge >= 0.3 is 11.9 Å². The Bertz CT molecular complexity index is 726. The first-order valence-corrected chi connectivity index (χ1v) is 11.7. The van der Waals surface area contributed by atoms with Gasteiger partial charge in [-0.3, -0.25) is 9.59 Å². The molecule has 0 saturated heterocycles. The molecule has 0 aliphatic heterocycles. The molecule has 7 atom stereocenters. The molecule has 4 saturated carbocycles. The molecule has 1 spiro atoms. The van der Waals surface area contributed by atoms with Crippen LogP contribution in [0.15, 0.2) is 12.2 Å². The predicted molar refractivity (Wildman–Crippen MR) is 112 cm³/mol. The summed E-state index contributed by atoms with van der Waals surface area (Å²) in [6.45, 7) is 12.8. The van der Waals surface area contributed by atoms with E-state index < -0.39 is 11.4 Å². The van der Waals surface area contributed by atoms with Crippen molar-refractivity contribution in [2.75, 3.05) is 0 Å². The van der Waals surface area contributed by atoms with Crippen molar-refractivity contribution in [3.05, 3.63) is 12.2 Å². The summed E-state index contributed by atoms with van der Waals surface area (Å²) >= 11 is 0. The lowest BCUT2D eigenvalue weighted by Gasteiger charge is -2.63. The molecule has 4 aliphatic carbocycles. The Morgan fingerprint density at radius 3 is 2.52 bits per heavy atom. The van der Waals surface area contributed by atoms with E-state index in [1.807, 2.05) is 20.8 Å². The van der Waals surface area contributed by atoms with Crippen LogP contribution in [0.4, 0.5) is 0 Å². The van der Waals surface area contributed by atoms with Gasteiger partial charge in [0.2, 0.25) is 0 Å². The lowest BCUT2D eigenvalue weighted by molar-refractivity contribution is -0.196. The zero-order chi connectivity index (χ0) is 21.2. The van der Waals surface area contributed by atoms with Crippen LogP contribution in [-0.2, 0) is 14.3 Å². The maximum atomic E-state index is 12.6. The summed E-state index contributed by atoms with van der Waals surface area (Å²) in [5.41, 5.74) is 0.463. The zero-order valence-electron chi connectivity index (χ0n) is 18.6. The number of carbonyl (C=O) groups is 2. The molecule has 4 rings (SSSR count). The van der Waals surface area contributed by atoms with E-state index in [9.17, 15) is 14.7 Å². The van der Waals surface area contributed by atoms with Gasteiger partial charge in [0.1, 0.15) is 6.10 Å². The Labute approximate surface area is 175 Å². The highest BCUT2D eigenvalue weighted by atomic mass is 16.5. The lowest BCUT2D eigenvalue weighted by atomic mass is 9.40. The highest BCUT2D eigenvalue weighted by Gasteiger charge is 2.68. The first-order chi connectivity index (χ1) is 13.5. The summed E-state index contributed by atoms with van der Waals surface area (Å²) in [7, 11) is 0. The summed E-state index contributed by atoms with van der Waals surface area (Å²) in [6.07, 6.45) is 8.31. The van der Waals surface area contributed by atoms with E-state index in [2.05, 4.69) is 13.5 Å². The standard InChI is InChI=1S/C25H38O4/c1-15(2)13-20(26)29-21-16(3)17-7-8-19-23(4)10-6-11-24(5,22(27)28)18(23)9-12-25(19,21)14-17/h15,17-19,21H,3,6-14H2,1-2,4-5H3,(H,27,28)/t17-,18-,19+,21+,23-,24-,25-/m1/s1. The Balaban J connectivity index is 1.69. The fraction of sp³-hybridized carbons (Fsp3) is 0.840. The Morgan fingerprint density at radius 2 is 1.86 bits per heavy atom. The monoisotopic (exact) mass is 402 g/mol. The number of hydrogen-bond acceptors (Lipinski definition) is 3. The molecule has 0 heterocycles. The molecule has 0 radical (unpaired) electrons. The van der Waals surface area contributed by atoms with Gasteiger partial charge in [0.05, 0.1) is 5.41 Å². The Kier molecular flexibility index (Phi) is 4.94. The third kappa shape index (κ3) is 2.91. The van der Waals surface area contributed by atoms with Crippen LogP contribution in [0.1, 0.15) is 85.5 Å². The molecule has 0 amide bonds. The second-order valence-corrected chi connectivity index (χ2v) is 11.5. The third-order valence-electron chi connectivity index (χ3n) is 9.49. The van der Waals surface area contributed by atoms with Crippen molar-refractivity contribution in [2.45, 2.75) is 91.6 Å². The SMILES string of the molecule is C=C1[C@@H]2CC[C@H]3[C@]4(C)CCC[C@@](C)(C(=O)O)[C@@H]4CC[C@]3(C2)[C@H]1OC(=O)CC(C)C. The van der Waals surface area contributed by atoms with Crippen LogP contribution in [0, 0.1) is 39.9 Å². The first-order valence-electron chi connectivity index (χ1n) is 11.7. The smallest absolute Gasteiger partial charge is 0.309 e. The van der Waals surface area contributed by atoms with E-state index in [1.165, 1.54) is 0 Å². The van der Waals surface area contributed by atoms with Crippen LogP contribution in [-0.4, -0.2) is 23.1 Å². The van der Waals surface area contributed by atoms with Gasteiger partial charge in [-0.25, -0.2) is 0 Å². The predicted octanol–water partition coefficient (Wildman–Crippen LogP) is 5.61. The van der Waals surface area contributed by atoms with Crippen LogP contribution in [0.5, 0.6) is 0 Å². The fourth-order valence-corrected chi connectivity index (χ4v) is 8.29. The molecular formula is C25H38O4. The van der Waals surface area contributed by atoms with Gasteiger partial charge < -0.3 is 9.84 Å². The number of carbonyl (C=O) groups excluding carboxylic acids is 1. The minimum absolute atomic E-state index is 0.00192. The van der Waals surface area contributed by atoms with Crippen molar-refractivity contribution in [1.82, 2.24) is 0 Å². The average Bonchev–Trinajstić information content (AvgIpc) is 2.81. The van der Waals surface area contributed by atoms with Gasteiger partial charge in [0.15, 0.2) is 0 Å². The molecule has 0 aromatic carbocycles. The number of ether oxygens (including phenoxy) is 1. The van der Waals surface area contributed by atoms with Crippen molar-refractivity contribution in [2.24, 2.45) is 39.9 Å². The molecule has 4 fully saturated rings. The highest BCUT2D eigenvalue weighted by molar-refractivity contribution is 5.75. The molecular weight excluding hydrogens is 364 g/mol. The van der Waals surface area contributed by atoms with Crippen molar-refractivity contribution in [3.8, 4) is 0 Å². The van der Waals surface area contributed by atoms with E-state index in [1.54, 1.807) is 0 Å². The van der Waals surface area contributed by atoms with Crippen molar-refractivity contribution < 1.29 is 19.4 Å². The summed E-state index contributed by atoms with van der Waals surface area (Å²) in [5, 5.41) is 10.1. The van der Waals surface area contributed by atoms with E-state index >= 15 is 0 Å². The van der Waals surface area contributed by atoms with Crippen LogP contribution in [0.2, 0.25) is 0 Å². The maximum Gasteiger partial charge on any atom is 0.309 e. The summed E-state index contributed by atoms with van der Waals surface area (Å²) < 4.78 is 6.18. The summed E-state index contributed by atoms with van der Waals surface area (Å²) in [5.74, 6) is 0.631. The molecule has 0 unspecified atom stereocenters.